The number of anilines is 1. The summed E-state index contributed by atoms with van der Waals surface area (Å²) in [5.41, 5.74) is 7.64. The van der Waals surface area contributed by atoms with Gasteiger partial charge in [0.15, 0.2) is 0 Å². The molecule has 0 saturated heterocycles. The predicted octanol–water partition coefficient (Wildman–Crippen LogP) is 1.83. The lowest BCUT2D eigenvalue weighted by Gasteiger charge is -2.17. The van der Waals surface area contributed by atoms with E-state index in [-0.39, 0.29) is 0 Å². The van der Waals surface area contributed by atoms with E-state index in [1.807, 2.05) is 24.3 Å². The van der Waals surface area contributed by atoms with Crippen LogP contribution in [0, 0.1) is 0 Å². The molecule has 0 amide bonds. The van der Waals surface area contributed by atoms with E-state index in [1.54, 1.807) is 0 Å². The molecule has 0 bridgehead atoms. The van der Waals surface area contributed by atoms with Crippen molar-refractivity contribution in [1.82, 2.24) is 4.90 Å². The monoisotopic (exact) mass is 249 g/mol. The fraction of sp³-hybridized carbons (Fsp3) is 0.462. The third-order valence-electron chi connectivity index (χ3n) is 3.14. The van der Waals surface area contributed by atoms with Crippen molar-refractivity contribution in [3.63, 3.8) is 0 Å². The largest absolute Gasteiger partial charge is 0.389 e. The highest BCUT2D eigenvalue weighted by Gasteiger charge is 2.25. The molecular weight excluding hydrogens is 230 g/mol. The summed E-state index contributed by atoms with van der Waals surface area (Å²) in [6, 6.07) is 8.73. The van der Waals surface area contributed by atoms with Crippen LogP contribution in [0.2, 0.25) is 0 Å². The maximum Gasteiger partial charge on any atom is 0.106 e. The van der Waals surface area contributed by atoms with Crippen molar-refractivity contribution in [2.45, 2.75) is 18.9 Å². The van der Waals surface area contributed by atoms with Gasteiger partial charge in [0.25, 0.3) is 0 Å². The Morgan fingerprint density at radius 2 is 2.18 bits per heavy atom. The number of benzene rings is 1. The van der Waals surface area contributed by atoms with Gasteiger partial charge in [-0.1, -0.05) is 24.4 Å². The quantitative estimate of drug-likeness (QED) is 0.755. The number of rotatable bonds is 6. The highest BCUT2D eigenvalue weighted by atomic mass is 32.1. The second-order valence-corrected chi connectivity index (χ2v) is 4.99. The summed E-state index contributed by atoms with van der Waals surface area (Å²) in [6.07, 6.45) is 2.69. The molecule has 0 atom stereocenters. The van der Waals surface area contributed by atoms with Crippen molar-refractivity contribution < 1.29 is 0 Å². The maximum absolute atomic E-state index is 5.69. The first-order chi connectivity index (χ1) is 8.18. The summed E-state index contributed by atoms with van der Waals surface area (Å²) < 4.78 is 0. The zero-order chi connectivity index (χ0) is 12.3. The second kappa shape index (κ2) is 5.47. The second-order valence-electron chi connectivity index (χ2n) is 4.55. The fourth-order valence-electron chi connectivity index (χ4n) is 1.92. The van der Waals surface area contributed by atoms with Crippen molar-refractivity contribution in [2.24, 2.45) is 5.73 Å². The SMILES string of the molecule is CN(CCNc1ccccc1C(N)=S)C1CC1. The minimum absolute atomic E-state index is 0.448. The highest BCUT2D eigenvalue weighted by molar-refractivity contribution is 7.80. The number of nitrogens with one attached hydrogen (secondary N) is 1. The molecule has 0 unspecified atom stereocenters. The zero-order valence-corrected chi connectivity index (χ0v) is 11.0. The third kappa shape index (κ3) is 3.41. The van der Waals surface area contributed by atoms with E-state index in [2.05, 4.69) is 17.3 Å². The Morgan fingerprint density at radius 1 is 1.47 bits per heavy atom. The molecule has 0 spiro atoms. The molecule has 0 heterocycles. The molecule has 1 saturated carbocycles. The summed E-state index contributed by atoms with van der Waals surface area (Å²) in [5, 5.41) is 3.40. The summed E-state index contributed by atoms with van der Waals surface area (Å²) in [7, 11) is 2.18. The van der Waals surface area contributed by atoms with Crippen molar-refractivity contribution >= 4 is 22.9 Å². The number of para-hydroxylation sites is 1. The van der Waals surface area contributed by atoms with Gasteiger partial charge in [-0.05, 0) is 32.0 Å². The van der Waals surface area contributed by atoms with Gasteiger partial charge in [-0.15, -0.1) is 0 Å². The molecule has 1 aliphatic rings. The Morgan fingerprint density at radius 3 is 2.82 bits per heavy atom. The topological polar surface area (TPSA) is 41.3 Å². The first kappa shape index (κ1) is 12.3. The molecule has 3 nitrogen and oxygen atoms in total. The van der Waals surface area contributed by atoms with E-state index in [1.165, 1.54) is 12.8 Å². The lowest BCUT2D eigenvalue weighted by Crippen LogP contribution is -2.27. The number of hydrogen-bond acceptors (Lipinski definition) is 3. The minimum atomic E-state index is 0.448. The third-order valence-corrected chi connectivity index (χ3v) is 3.36. The van der Waals surface area contributed by atoms with Crippen molar-refractivity contribution in [3.8, 4) is 0 Å². The first-order valence-electron chi connectivity index (χ1n) is 6.01. The molecular formula is C13H19N3S. The van der Waals surface area contributed by atoms with E-state index in [9.17, 15) is 0 Å². The lowest BCUT2D eigenvalue weighted by molar-refractivity contribution is 0.337. The Kier molecular flexibility index (Phi) is 3.97. The van der Waals surface area contributed by atoms with E-state index in [4.69, 9.17) is 18.0 Å². The van der Waals surface area contributed by atoms with E-state index in [0.29, 0.717) is 4.99 Å². The fourth-order valence-corrected chi connectivity index (χ4v) is 2.09. The van der Waals surface area contributed by atoms with Crippen LogP contribution < -0.4 is 11.1 Å². The van der Waals surface area contributed by atoms with Crippen molar-refractivity contribution in [1.29, 1.82) is 0 Å². The number of thiocarbonyl (C=S) groups is 1. The molecule has 2 rings (SSSR count). The van der Waals surface area contributed by atoms with Gasteiger partial charge < -0.3 is 16.0 Å². The van der Waals surface area contributed by atoms with Gasteiger partial charge in [-0.2, -0.15) is 0 Å². The van der Waals surface area contributed by atoms with Crippen LogP contribution >= 0.6 is 12.2 Å². The summed E-state index contributed by atoms with van der Waals surface area (Å²) in [4.78, 5) is 2.85. The molecule has 0 radical (unpaired) electrons. The van der Waals surface area contributed by atoms with Gasteiger partial charge in [0.05, 0.1) is 0 Å². The Hall–Kier alpha value is -1.13. The maximum atomic E-state index is 5.69. The average Bonchev–Trinajstić information content (AvgIpc) is 3.13. The standard InChI is InChI=1S/C13H19N3S/c1-16(10-6-7-10)9-8-15-12-5-3-2-4-11(12)13(14)17/h2-5,10,15H,6-9H2,1H3,(H2,14,17). The minimum Gasteiger partial charge on any atom is -0.389 e. The normalized spacial score (nSPS) is 14.9. The van der Waals surface area contributed by atoms with Crippen LogP contribution in [0.3, 0.4) is 0 Å². The number of nitrogens with zero attached hydrogens (tertiary/aromatic N) is 1. The number of likely N-dealkylation sites (N-methyl/N-ethyl adjacent to an activating group) is 1. The van der Waals surface area contributed by atoms with Gasteiger partial charge in [0, 0.05) is 30.4 Å². The van der Waals surface area contributed by atoms with Gasteiger partial charge in [0.2, 0.25) is 0 Å². The molecule has 0 aromatic heterocycles. The molecule has 3 N–H and O–H groups in total. The van der Waals surface area contributed by atoms with Crippen LogP contribution in [-0.2, 0) is 0 Å². The molecule has 1 aliphatic carbocycles. The molecule has 1 aromatic carbocycles. The van der Waals surface area contributed by atoms with Crippen LogP contribution in [0.25, 0.3) is 0 Å². The first-order valence-corrected chi connectivity index (χ1v) is 6.42. The van der Waals surface area contributed by atoms with Crippen LogP contribution in [0.1, 0.15) is 18.4 Å². The predicted molar refractivity (Wildman–Crippen MR) is 76.5 cm³/mol. The number of nitrogens with two attached hydrogens (primary N) is 1. The average molecular weight is 249 g/mol. The molecule has 0 aliphatic heterocycles. The van der Waals surface area contributed by atoms with Crippen LogP contribution in [0.4, 0.5) is 5.69 Å². The van der Waals surface area contributed by atoms with Gasteiger partial charge in [-0.25, -0.2) is 0 Å². The van der Waals surface area contributed by atoms with E-state index < -0.39 is 0 Å². The van der Waals surface area contributed by atoms with E-state index >= 15 is 0 Å². The molecule has 1 aromatic rings. The Balaban J connectivity index is 1.87. The summed E-state index contributed by atoms with van der Waals surface area (Å²) >= 11 is 5.03. The molecule has 17 heavy (non-hydrogen) atoms. The smallest absolute Gasteiger partial charge is 0.106 e. The lowest BCUT2D eigenvalue weighted by atomic mass is 10.2. The van der Waals surface area contributed by atoms with Gasteiger partial charge in [-0.3, -0.25) is 0 Å². The van der Waals surface area contributed by atoms with Gasteiger partial charge >= 0.3 is 0 Å². The Bertz CT molecular complexity index is 401. The zero-order valence-electron chi connectivity index (χ0n) is 10.1. The summed E-state index contributed by atoms with van der Waals surface area (Å²) in [5.74, 6) is 0. The van der Waals surface area contributed by atoms with Crippen LogP contribution in [0.5, 0.6) is 0 Å². The molecule has 1 fully saturated rings. The number of hydrogen-bond donors (Lipinski definition) is 2. The molecule has 92 valence electrons. The van der Waals surface area contributed by atoms with Gasteiger partial charge in [0.1, 0.15) is 4.99 Å². The van der Waals surface area contributed by atoms with Crippen LogP contribution in [0.15, 0.2) is 24.3 Å². The molecule has 4 heteroatoms. The van der Waals surface area contributed by atoms with Crippen LogP contribution in [-0.4, -0.2) is 36.1 Å². The van der Waals surface area contributed by atoms with E-state index in [0.717, 1.165) is 30.4 Å². The van der Waals surface area contributed by atoms with Crippen molar-refractivity contribution in [2.75, 3.05) is 25.5 Å². The summed E-state index contributed by atoms with van der Waals surface area (Å²) in [6.45, 7) is 1.98. The highest BCUT2D eigenvalue weighted by Crippen LogP contribution is 2.24. The van der Waals surface area contributed by atoms with Crippen molar-refractivity contribution in [3.05, 3.63) is 29.8 Å². The Labute approximate surface area is 108 Å².